The molecular formula is C13H12F3N3O. The average molecular weight is 283 g/mol. The second-order valence-corrected chi connectivity index (χ2v) is 3.94. The van der Waals surface area contributed by atoms with Crippen LogP contribution in [0.1, 0.15) is 5.56 Å². The molecule has 0 saturated carbocycles. The summed E-state index contributed by atoms with van der Waals surface area (Å²) in [5.74, 6) is -0.248. The van der Waals surface area contributed by atoms with Gasteiger partial charge in [-0.3, -0.25) is 0 Å². The van der Waals surface area contributed by atoms with E-state index in [2.05, 4.69) is 21.7 Å². The van der Waals surface area contributed by atoms with Gasteiger partial charge in [0.25, 0.3) is 0 Å². The minimum absolute atomic E-state index is 0.248. The molecule has 7 heteroatoms. The minimum atomic E-state index is -4.67. The highest BCUT2D eigenvalue weighted by molar-refractivity contribution is 5.46. The molecule has 0 bridgehead atoms. The Morgan fingerprint density at radius 2 is 2.00 bits per heavy atom. The molecule has 0 aliphatic heterocycles. The van der Waals surface area contributed by atoms with Gasteiger partial charge in [-0.05, 0) is 24.3 Å². The fourth-order valence-electron chi connectivity index (χ4n) is 1.55. The minimum Gasteiger partial charge on any atom is -0.406 e. The first-order chi connectivity index (χ1) is 9.46. The fourth-order valence-corrected chi connectivity index (χ4v) is 1.55. The maximum absolute atomic E-state index is 12.0. The third-order valence-electron chi connectivity index (χ3n) is 2.43. The van der Waals surface area contributed by atoms with Crippen molar-refractivity contribution in [3.05, 3.63) is 48.8 Å². The molecule has 106 valence electrons. The molecule has 1 aromatic carbocycles. The molecule has 0 spiro atoms. The van der Waals surface area contributed by atoms with E-state index in [1.165, 1.54) is 24.3 Å². The lowest BCUT2D eigenvalue weighted by atomic mass is 10.3. The van der Waals surface area contributed by atoms with Crippen LogP contribution in [-0.2, 0) is 6.54 Å². The topological polar surface area (TPSA) is 39.1 Å². The normalized spacial score (nSPS) is 11.2. The molecule has 0 aliphatic carbocycles. The molecule has 1 N–H and O–H groups in total. The Labute approximate surface area is 113 Å². The number of rotatable bonds is 5. The van der Waals surface area contributed by atoms with E-state index in [0.717, 1.165) is 5.56 Å². The first-order valence-electron chi connectivity index (χ1n) is 5.71. The van der Waals surface area contributed by atoms with Crippen LogP contribution in [0.3, 0.4) is 0 Å². The number of alkyl halides is 3. The Bertz CT molecular complexity index is 575. The van der Waals surface area contributed by atoms with Gasteiger partial charge in [0.2, 0.25) is 0 Å². The third-order valence-corrected chi connectivity index (χ3v) is 2.43. The summed E-state index contributed by atoms with van der Waals surface area (Å²) in [7, 11) is 0. The first kappa shape index (κ1) is 14.0. The zero-order chi connectivity index (χ0) is 14.6. The smallest absolute Gasteiger partial charge is 0.406 e. The Morgan fingerprint density at radius 3 is 2.55 bits per heavy atom. The molecule has 0 fully saturated rings. The summed E-state index contributed by atoms with van der Waals surface area (Å²) >= 11 is 0. The molecule has 0 radical (unpaired) electrons. The van der Waals surface area contributed by atoms with Gasteiger partial charge in [0.05, 0.1) is 6.20 Å². The van der Waals surface area contributed by atoms with E-state index in [1.54, 1.807) is 23.3 Å². The summed E-state index contributed by atoms with van der Waals surface area (Å²) in [5.41, 5.74) is 1.62. The van der Waals surface area contributed by atoms with E-state index in [1.807, 2.05) is 0 Å². The van der Waals surface area contributed by atoms with Crippen LogP contribution in [0.5, 0.6) is 5.75 Å². The molecule has 0 aliphatic rings. The second kappa shape index (κ2) is 5.68. The molecular weight excluding hydrogens is 271 g/mol. The van der Waals surface area contributed by atoms with Crippen LogP contribution in [0.4, 0.5) is 18.9 Å². The van der Waals surface area contributed by atoms with E-state index >= 15 is 0 Å². The van der Waals surface area contributed by atoms with Crippen molar-refractivity contribution >= 4 is 11.9 Å². The molecule has 4 nitrogen and oxygen atoms in total. The number of nitrogens with zero attached hydrogens (tertiary/aromatic N) is 2. The Kier molecular flexibility index (Phi) is 3.97. The summed E-state index contributed by atoms with van der Waals surface area (Å²) in [6, 6.07) is 5.53. The van der Waals surface area contributed by atoms with Gasteiger partial charge in [0.1, 0.15) is 5.75 Å². The Balaban J connectivity index is 1.92. The number of benzene rings is 1. The second-order valence-electron chi connectivity index (χ2n) is 3.94. The summed E-state index contributed by atoms with van der Waals surface area (Å²) in [5, 5.41) is 7.08. The van der Waals surface area contributed by atoms with Gasteiger partial charge in [-0.25, -0.2) is 4.68 Å². The lowest BCUT2D eigenvalue weighted by Crippen LogP contribution is -2.17. The van der Waals surface area contributed by atoms with E-state index in [-0.39, 0.29) is 5.75 Å². The SMILES string of the molecule is C=Cn1cc(CNc2ccc(OC(F)(F)F)cc2)cn1. The zero-order valence-corrected chi connectivity index (χ0v) is 10.4. The number of anilines is 1. The maximum Gasteiger partial charge on any atom is 0.573 e. The highest BCUT2D eigenvalue weighted by Gasteiger charge is 2.30. The van der Waals surface area contributed by atoms with Crippen LogP contribution >= 0.6 is 0 Å². The fraction of sp³-hybridized carbons (Fsp3) is 0.154. The molecule has 0 unspecified atom stereocenters. The lowest BCUT2D eigenvalue weighted by Gasteiger charge is -2.10. The monoisotopic (exact) mass is 283 g/mol. The van der Waals surface area contributed by atoms with Crippen molar-refractivity contribution in [1.29, 1.82) is 0 Å². The lowest BCUT2D eigenvalue weighted by molar-refractivity contribution is -0.274. The standard InChI is InChI=1S/C13H12F3N3O/c1-2-19-9-10(8-18-19)7-17-11-3-5-12(6-4-11)20-13(14,15)16/h2-6,8-9,17H,1,7H2. The van der Waals surface area contributed by atoms with Gasteiger partial charge in [0.15, 0.2) is 0 Å². The van der Waals surface area contributed by atoms with Gasteiger partial charge < -0.3 is 10.1 Å². The van der Waals surface area contributed by atoms with Crippen molar-refractivity contribution in [2.45, 2.75) is 12.9 Å². The van der Waals surface area contributed by atoms with Crippen molar-refractivity contribution in [3.63, 3.8) is 0 Å². The van der Waals surface area contributed by atoms with Gasteiger partial charge in [-0.2, -0.15) is 5.10 Å². The van der Waals surface area contributed by atoms with Crippen molar-refractivity contribution in [1.82, 2.24) is 9.78 Å². The van der Waals surface area contributed by atoms with Crippen LogP contribution in [0.2, 0.25) is 0 Å². The third kappa shape index (κ3) is 4.04. The number of hydrogen-bond acceptors (Lipinski definition) is 3. The number of nitrogens with one attached hydrogen (secondary N) is 1. The van der Waals surface area contributed by atoms with Crippen LogP contribution in [0.15, 0.2) is 43.2 Å². The molecule has 20 heavy (non-hydrogen) atoms. The van der Waals surface area contributed by atoms with Crippen LogP contribution in [-0.4, -0.2) is 16.1 Å². The highest BCUT2D eigenvalue weighted by atomic mass is 19.4. The number of hydrogen-bond donors (Lipinski definition) is 1. The number of halogens is 3. The highest BCUT2D eigenvalue weighted by Crippen LogP contribution is 2.24. The summed E-state index contributed by atoms with van der Waals surface area (Å²) in [6.45, 7) is 4.08. The number of ether oxygens (including phenoxy) is 1. The molecule has 2 aromatic rings. The molecule has 0 saturated heterocycles. The zero-order valence-electron chi connectivity index (χ0n) is 10.4. The van der Waals surface area contributed by atoms with Gasteiger partial charge in [-0.15, -0.1) is 13.2 Å². The average Bonchev–Trinajstić information content (AvgIpc) is 2.84. The van der Waals surface area contributed by atoms with Crippen LogP contribution in [0, 0.1) is 0 Å². The number of aromatic nitrogens is 2. The van der Waals surface area contributed by atoms with Gasteiger partial charge in [-0.1, -0.05) is 6.58 Å². The summed E-state index contributed by atoms with van der Waals surface area (Å²) < 4.78 is 41.3. The van der Waals surface area contributed by atoms with Crippen molar-refractivity contribution in [2.75, 3.05) is 5.32 Å². The van der Waals surface area contributed by atoms with Crippen molar-refractivity contribution in [2.24, 2.45) is 0 Å². The van der Waals surface area contributed by atoms with Gasteiger partial charge in [0, 0.05) is 30.2 Å². The van der Waals surface area contributed by atoms with E-state index in [4.69, 9.17) is 0 Å². The van der Waals surface area contributed by atoms with Crippen molar-refractivity contribution in [3.8, 4) is 5.75 Å². The van der Waals surface area contributed by atoms with E-state index in [9.17, 15) is 13.2 Å². The Hall–Kier alpha value is -2.44. The molecule has 1 aromatic heterocycles. The van der Waals surface area contributed by atoms with Crippen LogP contribution in [0.25, 0.3) is 6.20 Å². The Morgan fingerprint density at radius 1 is 1.30 bits per heavy atom. The largest absolute Gasteiger partial charge is 0.573 e. The summed E-state index contributed by atoms with van der Waals surface area (Å²) in [4.78, 5) is 0. The quantitative estimate of drug-likeness (QED) is 0.913. The molecule has 0 amide bonds. The predicted octanol–water partition coefficient (Wildman–Crippen LogP) is 3.49. The van der Waals surface area contributed by atoms with E-state index in [0.29, 0.717) is 12.2 Å². The van der Waals surface area contributed by atoms with E-state index < -0.39 is 6.36 Å². The molecule has 0 atom stereocenters. The van der Waals surface area contributed by atoms with Crippen molar-refractivity contribution < 1.29 is 17.9 Å². The first-order valence-corrected chi connectivity index (χ1v) is 5.71. The molecule has 1 heterocycles. The maximum atomic E-state index is 12.0. The van der Waals surface area contributed by atoms with Crippen LogP contribution < -0.4 is 10.1 Å². The predicted molar refractivity (Wildman–Crippen MR) is 69.1 cm³/mol. The van der Waals surface area contributed by atoms with Gasteiger partial charge >= 0.3 is 6.36 Å². The summed E-state index contributed by atoms with van der Waals surface area (Å²) in [6.07, 6.45) is 0.359. The molecule has 2 rings (SSSR count).